The monoisotopic (exact) mass is 484 g/mol. The van der Waals surface area contributed by atoms with E-state index in [4.69, 9.17) is 9.15 Å². The van der Waals surface area contributed by atoms with Crippen LogP contribution in [0.15, 0.2) is 65.3 Å². The van der Waals surface area contributed by atoms with Gasteiger partial charge in [-0.15, -0.1) is 0 Å². The lowest BCUT2D eigenvalue weighted by Gasteiger charge is -2.35. The minimum Gasteiger partial charge on any atom is -0.497 e. The molecule has 4 heterocycles. The minimum atomic E-state index is -1.16. The number of furan rings is 1. The first kappa shape index (κ1) is 22.0. The molecule has 0 unspecified atom stereocenters. The maximum absolute atomic E-state index is 13.8. The Hall–Kier alpha value is -4.53. The van der Waals surface area contributed by atoms with E-state index in [1.54, 1.807) is 61.6 Å². The zero-order valence-electron chi connectivity index (χ0n) is 19.8. The van der Waals surface area contributed by atoms with Crippen molar-refractivity contribution in [3.05, 3.63) is 83.4 Å². The second kappa shape index (κ2) is 8.01. The third kappa shape index (κ3) is 3.12. The number of fused-ring (bicyclic) bond motifs is 5. The van der Waals surface area contributed by atoms with Crippen molar-refractivity contribution in [2.75, 3.05) is 18.6 Å². The molecule has 9 heteroatoms. The van der Waals surface area contributed by atoms with Gasteiger partial charge in [0.1, 0.15) is 11.5 Å². The Labute approximate surface area is 206 Å². The molecule has 1 fully saturated rings. The summed E-state index contributed by atoms with van der Waals surface area (Å²) >= 11 is 0. The summed E-state index contributed by atoms with van der Waals surface area (Å²) in [5.74, 6) is 0.773. The highest BCUT2D eigenvalue weighted by molar-refractivity contribution is 6.23. The lowest BCUT2D eigenvalue weighted by molar-refractivity contribution is -0.125. The lowest BCUT2D eigenvalue weighted by atomic mass is 9.87. The van der Waals surface area contributed by atoms with Gasteiger partial charge in [-0.3, -0.25) is 9.59 Å². The summed E-state index contributed by atoms with van der Waals surface area (Å²) in [4.78, 5) is 46.0. The highest BCUT2D eigenvalue weighted by atomic mass is 16.5. The van der Waals surface area contributed by atoms with Crippen LogP contribution in [0.4, 0.5) is 10.5 Å². The number of carbonyl (C=O) groups is 3. The van der Waals surface area contributed by atoms with Crippen molar-refractivity contribution >= 4 is 34.4 Å². The second-order valence-electron chi connectivity index (χ2n) is 9.10. The molecule has 2 aromatic carbocycles. The van der Waals surface area contributed by atoms with Crippen molar-refractivity contribution in [1.29, 1.82) is 0 Å². The Morgan fingerprint density at radius 3 is 2.69 bits per heavy atom. The van der Waals surface area contributed by atoms with Crippen LogP contribution in [0.2, 0.25) is 0 Å². The maximum Gasteiger partial charge on any atom is 0.332 e. The quantitative estimate of drug-likeness (QED) is 0.417. The van der Waals surface area contributed by atoms with E-state index in [1.807, 2.05) is 18.2 Å². The van der Waals surface area contributed by atoms with Crippen molar-refractivity contribution in [1.82, 2.24) is 15.2 Å². The normalized spacial score (nSPS) is 18.9. The summed E-state index contributed by atoms with van der Waals surface area (Å²) in [6.07, 6.45) is 2.17. The van der Waals surface area contributed by atoms with Gasteiger partial charge in [0.2, 0.25) is 0 Å². The van der Waals surface area contributed by atoms with Crippen LogP contribution in [0.1, 0.15) is 34.3 Å². The number of urea groups is 1. The van der Waals surface area contributed by atoms with Crippen LogP contribution >= 0.6 is 0 Å². The first-order chi connectivity index (χ1) is 17.4. The number of carbonyl (C=O) groups excluding carboxylic acids is 3. The number of methoxy groups -OCH3 is 1. The summed E-state index contributed by atoms with van der Waals surface area (Å²) in [6, 6.07) is 15.4. The number of benzene rings is 2. The van der Waals surface area contributed by atoms with Crippen LogP contribution in [-0.4, -0.2) is 41.4 Å². The van der Waals surface area contributed by atoms with Gasteiger partial charge in [0.05, 0.1) is 31.3 Å². The Morgan fingerprint density at radius 2 is 1.97 bits per heavy atom. The van der Waals surface area contributed by atoms with E-state index in [0.29, 0.717) is 30.0 Å². The minimum absolute atomic E-state index is 0.267. The summed E-state index contributed by atoms with van der Waals surface area (Å²) in [6.45, 7) is 2.47. The number of anilines is 1. The molecule has 182 valence electrons. The van der Waals surface area contributed by atoms with Gasteiger partial charge >= 0.3 is 6.03 Å². The number of H-pyrrole nitrogens is 1. The summed E-state index contributed by atoms with van der Waals surface area (Å²) in [5, 5.41) is 3.78. The molecule has 0 spiro atoms. The van der Waals surface area contributed by atoms with Gasteiger partial charge in [-0.05, 0) is 73.5 Å². The van der Waals surface area contributed by atoms with Gasteiger partial charge in [0, 0.05) is 23.0 Å². The number of rotatable bonds is 5. The Morgan fingerprint density at radius 1 is 1.17 bits per heavy atom. The van der Waals surface area contributed by atoms with Crippen molar-refractivity contribution in [2.45, 2.75) is 25.4 Å². The number of ether oxygens (including phenoxy) is 1. The summed E-state index contributed by atoms with van der Waals surface area (Å²) in [7, 11) is 1.62. The SMILES string of the molecule is COc1ccc2[nH]c3c(c2c1)CCN1C(=O)N(c2ccc(C(=O)NCc4ccco4)cc2)C(=O)[C@]31C. The fraction of sp³-hybridized carbons (Fsp3) is 0.222. The van der Waals surface area contributed by atoms with Gasteiger partial charge < -0.3 is 24.4 Å². The second-order valence-corrected chi connectivity index (χ2v) is 9.10. The van der Waals surface area contributed by atoms with Crippen molar-refractivity contribution in [3.63, 3.8) is 0 Å². The van der Waals surface area contributed by atoms with E-state index in [9.17, 15) is 14.4 Å². The Kier molecular flexibility index (Phi) is 4.89. The van der Waals surface area contributed by atoms with E-state index in [-0.39, 0.29) is 24.4 Å². The largest absolute Gasteiger partial charge is 0.497 e. The highest BCUT2D eigenvalue weighted by Gasteiger charge is 2.59. The van der Waals surface area contributed by atoms with Crippen LogP contribution in [0, 0.1) is 0 Å². The maximum atomic E-state index is 13.8. The Bertz CT molecular complexity index is 1510. The standard InChI is InChI=1S/C27H24N4O5/c1-27-23-20(21-14-18(35-2)9-10-22(21)29-23)11-12-30(27)26(34)31(25(27)33)17-7-5-16(6-8-17)24(32)28-15-19-4-3-13-36-19/h3-10,13-14,29H,11-12,15H2,1-2H3,(H,28,32)/t27-/m0/s1. The number of nitrogens with zero attached hydrogens (tertiary/aromatic N) is 2. The van der Waals surface area contributed by atoms with Gasteiger partial charge in [-0.2, -0.15) is 0 Å². The van der Waals surface area contributed by atoms with E-state index >= 15 is 0 Å². The molecule has 6 rings (SSSR count). The molecule has 2 N–H and O–H groups in total. The van der Waals surface area contributed by atoms with Crippen molar-refractivity contribution in [3.8, 4) is 5.75 Å². The van der Waals surface area contributed by atoms with Crippen LogP contribution in [0.25, 0.3) is 10.9 Å². The molecule has 36 heavy (non-hydrogen) atoms. The average molecular weight is 485 g/mol. The molecule has 9 nitrogen and oxygen atoms in total. The molecule has 4 aromatic rings. The number of imide groups is 1. The van der Waals surface area contributed by atoms with Crippen molar-refractivity contribution < 1.29 is 23.5 Å². The van der Waals surface area contributed by atoms with E-state index in [0.717, 1.165) is 27.9 Å². The zero-order chi connectivity index (χ0) is 25.0. The molecule has 1 atom stereocenters. The molecule has 0 radical (unpaired) electrons. The first-order valence-corrected chi connectivity index (χ1v) is 11.7. The topological polar surface area (TPSA) is 108 Å². The number of aromatic amines is 1. The van der Waals surface area contributed by atoms with Crippen LogP contribution in [-0.2, 0) is 23.3 Å². The number of aromatic nitrogens is 1. The molecular weight excluding hydrogens is 460 g/mol. The average Bonchev–Trinajstić information content (AvgIpc) is 3.59. The number of hydrogen-bond acceptors (Lipinski definition) is 5. The molecule has 2 aliphatic heterocycles. The van der Waals surface area contributed by atoms with Crippen LogP contribution < -0.4 is 15.0 Å². The third-order valence-corrected chi connectivity index (χ3v) is 7.16. The van der Waals surface area contributed by atoms with Gasteiger partial charge in [-0.25, -0.2) is 9.69 Å². The zero-order valence-corrected chi connectivity index (χ0v) is 19.8. The fourth-order valence-corrected chi connectivity index (χ4v) is 5.22. The van der Waals surface area contributed by atoms with Gasteiger partial charge in [0.25, 0.3) is 11.8 Å². The third-order valence-electron chi connectivity index (χ3n) is 7.16. The fourth-order valence-electron chi connectivity index (χ4n) is 5.22. The molecule has 2 aromatic heterocycles. The van der Waals surface area contributed by atoms with E-state index < -0.39 is 5.54 Å². The molecule has 4 amide bonds. The molecule has 2 aliphatic rings. The molecule has 1 saturated heterocycles. The summed E-state index contributed by atoms with van der Waals surface area (Å²) in [5.41, 5.74) is 2.33. The van der Waals surface area contributed by atoms with E-state index in [1.165, 1.54) is 4.90 Å². The molecule has 0 bridgehead atoms. The smallest absolute Gasteiger partial charge is 0.332 e. The number of nitrogens with one attached hydrogen (secondary N) is 2. The molecule has 0 saturated carbocycles. The van der Waals surface area contributed by atoms with Crippen LogP contribution in [0.5, 0.6) is 5.75 Å². The predicted octanol–water partition coefficient (Wildman–Crippen LogP) is 3.94. The highest BCUT2D eigenvalue weighted by Crippen LogP contribution is 2.45. The number of hydrogen-bond donors (Lipinski definition) is 2. The van der Waals surface area contributed by atoms with Crippen LogP contribution in [0.3, 0.4) is 0 Å². The summed E-state index contributed by atoms with van der Waals surface area (Å²) < 4.78 is 10.6. The first-order valence-electron chi connectivity index (χ1n) is 11.7. The lowest BCUT2D eigenvalue weighted by Crippen LogP contribution is -2.49. The Balaban J connectivity index is 1.29. The van der Waals surface area contributed by atoms with Crippen molar-refractivity contribution in [2.24, 2.45) is 0 Å². The number of amides is 4. The molecular formula is C27H24N4O5. The predicted molar refractivity (Wildman–Crippen MR) is 132 cm³/mol. The molecule has 0 aliphatic carbocycles. The van der Waals surface area contributed by atoms with Gasteiger partial charge in [-0.1, -0.05) is 0 Å². The van der Waals surface area contributed by atoms with Gasteiger partial charge in [0.15, 0.2) is 5.54 Å². The van der Waals surface area contributed by atoms with E-state index in [2.05, 4.69) is 10.3 Å².